The summed E-state index contributed by atoms with van der Waals surface area (Å²) in [5, 5.41) is 0. The molecule has 2 rings (SSSR count). The minimum absolute atomic E-state index is 0.00168. The first kappa shape index (κ1) is 14.9. The lowest BCUT2D eigenvalue weighted by Gasteiger charge is -2.12. The smallest absolute Gasteiger partial charge is 0.126 e. The Labute approximate surface area is 120 Å². The van der Waals surface area contributed by atoms with E-state index in [0.717, 1.165) is 42.0 Å². The van der Waals surface area contributed by atoms with E-state index in [0.29, 0.717) is 0 Å². The molecule has 2 N–H and O–H groups in total. The van der Waals surface area contributed by atoms with Crippen molar-refractivity contribution in [3.63, 3.8) is 0 Å². The predicted molar refractivity (Wildman–Crippen MR) is 83.0 cm³/mol. The van der Waals surface area contributed by atoms with Crippen molar-refractivity contribution in [1.82, 2.24) is 9.55 Å². The number of benzene rings is 1. The fourth-order valence-electron chi connectivity index (χ4n) is 2.53. The molecule has 2 aromatic rings. The van der Waals surface area contributed by atoms with Crippen LogP contribution in [-0.4, -0.2) is 15.7 Å². The molecule has 110 valence electrons. The van der Waals surface area contributed by atoms with Crippen LogP contribution in [0, 0.1) is 0 Å². The molecule has 1 unspecified atom stereocenters. The van der Waals surface area contributed by atoms with E-state index in [1.54, 1.807) is 0 Å². The van der Waals surface area contributed by atoms with Gasteiger partial charge in [-0.05, 0) is 39.3 Å². The van der Waals surface area contributed by atoms with Crippen molar-refractivity contribution in [2.45, 2.75) is 59.2 Å². The number of aryl methyl sites for hydroxylation is 1. The Morgan fingerprint density at radius 1 is 1.30 bits per heavy atom. The number of hydrogen-bond acceptors (Lipinski definition) is 3. The summed E-state index contributed by atoms with van der Waals surface area (Å²) in [6, 6.07) is 6.09. The van der Waals surface area contributed by atoms with E-state index >= 15 is 0 Å². The number of rotatable bonds is 6. The van der Waals surface area contributed by atoms with Crippen LogP contribution >= 0.6 is 0 Å². The highest BCUT2D eigenvalue weighted by molar-refractivity contribution is 5.78. The standard InChI is InChI=1S/C16H25N3O/c1-5-7-13(17)16-18-14-10-12(20-11(3)4)8-9-15(14)19(16)6-2/h8-11,13H,5-7,17H2,1-4H3. The van der Waals surface area contributed by atoms with Crippen molar-refractivity contribution < 1.29 is 4.74 Å². The van der Waals surface area contributed by atoms with E-state index < -0.39 is 0 Å². The Hall–Kier alpha value is -1.55. The van der Waals surface area contributed by atoms with Crippen LogP contribution in [0.15, 0.2) is 18.2 Å². The first-order valence-electron chi connectivity index (χ1n) is 7.49. The minimum atomic E-state index is 0.00168. The average Bonchev–Trinajstić information content (AvgIpc) is 2.76. The first-order valence-corrected chi connectivity index (χ1v) is 7.49. The second kappa shape index (κ2) is 6.27. The van der Waals surface area contributed by atoms with E-state index in [9.17, 15) is 0 Å². The molecule has 1 aromatic heterocycles. The highest BCUT2D eigenvalue weighted by atomic mass is 16.5. The van der Waals surface area contributed by atoms with Gasteiger partial charge in [0.05, 0.1) is 23.2 Å². The predicted octanol–water partition coefficient (Wildman–Crippen LogP) is 3.64. The van der Waals surface area contributed by atoms with Gasteiger partial charge < -0.3 is 15.0 Å². The molecule has 4 nitrogen and oxygen atoms in total. The Bertz CT molecular complexity index is 574. The SMILES string of the molecule is CCCC(N)c1nc2cc(OC(C)C)ccc2n1CC. The summed E-state index contributed by atoms with van der Waals surface area (Å²) in [5.74, 6) is 1.84. The topological polar surface area (TPSA) is 53.1 Å². The lowest BCUT2D eigenvalue weighted by atomic mass is 10.2. The molecular weight excluding hydrogens is 250 g/mol. The fourth-order valence-corrected chi connectivity index (χ4v) is 2.53. The van der Waals surface area contributed by atoms with Crippen molar-refractivity contribution in [2.24, 2.45) is 5.73 Å². The van der Waals surface area contributed by atoms with Crippen LogP contribution in [0.3, 0.4) is 0 Å². The molecule has 1 aromatic carbocycles. The molecule has 0 aliphatic heterocycles. The molecule has 0 spiro atoms. The zero-order chi connectivity index (χ0) is 14.7. The van der Waals surface area contributed by atoms with E-state index in [1.165, 1.54) is 0 Å². The molecule has 4 heteroatoms. The van der Waals surface area contributed by atoms with Gasteiger partial charge in [0.15, 0.2) is 0 Å². The Morgan fingerprint density at radius 2 is 2.05 bits per heavy atom. The molecule has 0 radical (unpaired) electrons. The first-order chi connectivity index (χ1) is 9.56. The summed E-state index contributed by atoms with van der Waals surface area (Å²) in [6.45, 7) is 9.21. The minimum Gasteiger partial charge on any atom is -0.491 e. The van der Waals surface area contributed by atoms with E-state index in [1.807, 2.05) is 26.0 Å². The van der Waals surface area contributed by atoms with Crippen molar-refractivity contribution in [1.29, 1.82) is 0 Å². The number of hydrogen-bond donors (Lipinski definition) is 1. The Morgan fingerprint density at radius 3 is 2.65 bits per heavy atom. The fraction of sp³-hybridized carbons (Fsp3) is 0.562. The second-order valence-electron chi connectivity index (χ2n) is 5.43. The second-order valence-corrected chi connectivity index (χ2v) is 5.43. The van der Waals surface area contributed by atoms with Crippen LogP contribution in [0.4, 0.5) is 0 Å². The van der Waals surface area contributed by atoms with Gasteiger partial charge in [-0.25, -0.2) is 4.98 Å². The highest BCUT2D eigenvalue weighted by Crippen LogP contribution is 2.26. The van der Waals surface area contributed by atoms with Crippen molar-refractivity contribution in [3.8, 4) is 5.75 Å². The van der Waals surface area contributed by atoms with Gasteiger partial charge in [0.25, 0.3) is 0 Å². The molecule has 0 saturated carbocycles. The largest absolute Gasteiger partial charge is 0.491 e. The van der Waals surface area contributed by atoms with Gasteiger partial charge in [-0.2, -0.15) is 0 Å². The summed E-state index contributed by atoms with van der Waals surface area (Å²) in [4.78, 5) is 4.73. The lowest BCUT2D eigenvalue weighted by Crippen LogP contribution is -2.16. The molecule has 0 aliphatic carbocycles. The average molecular weight is 275 g/mol. The van der Waals surface area contributed by atoms with Gasteiger partial charge in [-0.1, -0.05) is 13.3 Å². The van der Waals surface area contributed by atoms with Gasteiger partial charge in [0.1, 0.15) is 11.6 Å². The molecular formula is C16H25N3O. The van der Waals surface area contributed by atoms with Gasteiger partial charge >= 0.3 is 0 Å². The number of nitrogens with zero attached hydrogens (tertiary/aromatic N) is 2. The summed E-state index contributed by atoms with van der Waals surface area (Å²) in [5.41, 5.74) is 8.34. The van der Waals surface area contributed by atoms with E-state index in [-0.39, 0.29) is 12.1 Å². The maximum atomic E-state index is 6.25. The zero-order valence-electron chi connectivity index (χ0n) is 12.9. The monoisotopic (exact) mass is 275 g/mol. The van der Waals surface area contributed by atoms with Gasteiger partial charge in [0, 0.05) is 12.6 Å². The Kier molecular flexibility index (Phi) is 4.65. The molecule has 0 aliphatic rings. The normalized spacial score (nSPS) is 13.1. The molecule has 0 saturated heterocycles. The molecule has 0 bridgehead atoms. The molecule has 0 amide bonds. The maximum absolute atomic E-state index is 6.25. The third kappa shape index (κ3) is 2.96. The van der Waals surface area contributed by atoms with E-state index in [2.05, 4.69) is 24.5 Å². The van der Waals surface area contributed by atoms with Crippen LogP contribution in [0.2, 0.25) is 0 Å². The van der Waals surface area contributed by atoms with Crippen LogP contribution in [-0.2, 0) is 6.54 Å². The van der Waals surface area contributed by atoms with Crippen LogP contribution < -0.4 is 10.5 Å². The van der Waals surface area contributed by atoms with Crippen molar-refractivity contribution in [3.05, 3.63) is 24.0 Å². The Balaban J connectivity index is 2.44. The van der Waals surface area contributed by atoms with Crippen LogP contribution in [0.1, 0.15) is 52.4 Å². The lowest BCUT2D eigenvalue weighted by molar-refractivity contribution is 0.242. The number of imidazole rings is 1. The number of nitrogens with two attached hydrogens (primary N) is 1. The molecule has 1 atom stereocenters. The summed E-state index contributed by atoms with van der Waals surface area (Å²) < 4.78 is 7.94. The van der Waals surface area contributed by atoms with Crippen molar-refractivity contribution >= 4 is 11.0 Å². The summed E-state index contributed by atoms with van der Waals surface area (Å²) in [7, 11) is 0. The maximum Gasteiger partial charge on any atom is 0.126 e. The molecule has 1 heterocycles. The third-order valence-electron chi connectivity index (χ3n) is 3.37. The number of ether oxygens (including phenoxy) is 1. The number of fused-ring (bicyclic) bond motifs is 1. The number of aromatic nitrogens is 2. The highest BCUT2D eigenvalue weighted by Gasteiger charge is 2.16. The third-order valence-corrected chi connectivity index (χ3v) is 3.37. The van der Waals surface area contributed by atoms with Crippen molar-refractivity contribution in [2.75, 3.05) is 0 Å². The zero-order valence-corrected chi connectivity index (χ0v) is 12.9. The quantitative estimate of drug-likeness (QED) is 0.875. The van der Waals surface area contributed by atoms with Crippen LogP contribution in [0.5, 0.6) is 5.75 Å². The van der Waals surface area contributed by atoms with E-state index in [4.69, 9.17) is 15.5 Å². The van der Waals surface area contributed by atoms with Gasteiger partial charge in [0.2, 0.25) is 0 Å². The molecule has 0 fully saturated rings. The van der Waals surface area contributed by atoms with Gasteiger partial charge in [-0.15, -0.1) is 0 Å². The van der Waals surface area contributed by atoms with Gasteiger partial charge in [-0.3, -0.25) is 0 Å². The molecule has 20 heavy (non-hydrogen) atoms. The summed E-state index contributed by atoms with van der Waals surface area (Å²) in [6.07, 6.45) is 2.19. The van der Waals surface area contributed by atoms with Crippen LogP contribution in [0.25, 0.3) is 11.0 Å². The summed E-state index contributed by atoms with van der Waals surface area (Å²) >= 11 is 0.